The summed E-state index contributed by atoms with van der Waals surface area (Å²) >= 11 is 0. The molecule has 6 heteroatoms. The molecule has 0 aliphatic rings. The Morgan fingerprint density at radius 3 is 2.06 bits per heavy atom. The number of carboxylic acid groups (broad SMARTS) is 3. The van der Waals surface area contributed by atoms with Crippen LogP contribution in [0.5, 0.6) is 0 Å². The second-order valence-corrected chi connectivity index (χ2v) is 3.45. The monoisotopic (exact) mass is 238 g/mol. The van der Waals surface area contributed by atoms with E-state index >= 15 is 0 Å². The van der Waals surface area contributed by atoms with Gasteiger partial charge in [-0.15, -0.1) is 0 Å². The third kappa shape index (κ3) is 2.60. The largest absolute Gasteiger partial charge is 0.481 e. The van der Waals surface area contributed by atoms with Gasteiger partial charge in [-0.3, -0.25) is 4.79 Å². The van der Waals surface area contributed by atoms with E-state index in [9.17, 15) is 14.4 Å². The number of rotatable bonds is 4. The highest BCUT2D eigenvalue weighted by Crippen LogP contribution is 2.19. The van der Waals surface area contributed by atoms with Crippen molar-refractivity contribution < 1.29 is 29.7 Å². The molecule has 0 heterocycles. The summed E-state index contributed by atoms with van der Waals surface area (Å²) in [6, 6.07) is 2.43. The minimum absolute atomic E-state index is 0.0590. The summed E-state index contributed by atoms with van der Waals surface area (Å²) in [7, 11) is 0. The van der Waals surface area contributed by atoms with Crippen LogP contribution in [0.2, 0.25) is 0 Å². The SMILES string of the molecule is Cc1c(C(=O)O)ccc(CC(=O)O)c1C(=O)O. The highest BCUT2D eigenvalue weighted by molar-refractivity contribution is 5.98. The number of hydrogen-bond acceptors (Lipinski definition) is 3. The van der Waals surface area contributed by atoms with Gasteiger partial charge in [-0.1, -0.05) is 6.07 Å². The van der Waals surface area contributed by atoms with E-state index in [1.807, 2.05) is 0 Å². The summed E-state index contributed by atoms with van der Waals surface area (Å²) in [6.07, 6.45) is -0.456. The first-order valence-electron chi connectivity index (χ1n) is 4.65. The Morgan fingerprint density at radius 1 is 1.06 bits per heavy atom. The van der Waals surface area contributed by atoms with Gasteiger partial charge in [-0.25, -0.2) is 9.59 Å². The fourth-order valence-electron chi connectivity index (χ4n) is 1.61. The molecule has 0 fully saturated rings. The first-order chi connectivity index (χ1) is 7.84. The van der Waals surface area contributed by atoms with Gasteiger partial charge in [-0.2, -0.15) is 0 Å². The zero-order chi connectivity index (χ0) is 13.2. The second kappa shape index (κ2) is 4.65. The Hall–Kier alpha value is -2.37. The molecule has 0 saturated heterocycles. The summed E-state index contributed by atoms with van der Waals surface area (Å²) in [6.45, 7) is 1.35. The number of aliphatic carboxylic acids is 1. The Balaban J connectivity index is 3.44. The Morgan fingerprint density at radius 2 is 1.65 bits per heavy atom. The zero-order valence-electron chi connectivity index (χ0n) is 8.93. The van der Waals surface area contributed by atoms with Crippen molar-refractivity contribution >= 4 is 17.9 Å². The summed E-state index contributed by atoms with van der Waals surface area (Å²) < 4.78 is 0. The standard InChI is InChI=1S/C11H10O6/c1-5-7(10(14)15)3-2-6(4-8(12)13)9(5)11(16)17/h2-3H,4H2,1H3,(H,12,13)(H,14,15)(H,16,17). The van der Waals surface area contributed by atoms with Crippen molar-refractivity contribution in [3.05, 3.63) is 34.4 Å². The summed E-state index contributed by atoms with van der Waals surface area (Å²) in [4.78, 5) is 32.4. The maximum atomic E-state index is 11.0. The van der Waals surface area contributed by atoms with Gasteiger partial charge in [0.1, 0.15) is 0 Å². The summed E-state index contributed by atoms with van der Waals surface area (Å²) in [5, 5.41) is 26.4. The van der Waals surface area contributed by atoms with Crippen LogP contribution in [0.25, 0.3) is 0 Å². The van der Waals surface area contributed by atoms with E-state index in [-0.39, 0.29) is 22.3 Å². The molecule has 0 aliphatic heterocycles. The third-order valence-electron chi connectivity index (χ3n) is 2.34. The van der Waals surface area contributed by atoms with Crippen LogP contribution >= 0.6 is 0 Å². The molecular weight excluding hydrogens is 228 g/mol. The first kappa shape index (κ1) is 12.7. The molecule has 0 aliphatic carbocycles. The van der Waals surface area contributed by atoms with Gasteiger partial charge in [0.15, 0.2) is 0 Å². The van der Waals surface area contributed by atoms with Gasteiger partial charge in [0.2, 0.25) is 0 Å². The summed E-state index contributed by atoms with van der Waals surface area (Å²) in [5.74, 6) is -3.75. The van der Waals surface area contributed by atoms with Crippen molar-refractivity contribution in [1.82, 2.24) is 0 Å². The van der Waals surface area contributed by atoms with Crippen LogP contribution in [-0.4, -0.2) is 33.2 Å². The number of carboxylic acids is 3. The van der Waals surface area contributed by atoms with Crippen LogP contribution in [0.4, 0.5) is 0 Å². The molecule has 90 valence electrons. The van der Waals surface area contributed by atoms with Gasteiger partial charge in [0, 0.05) is 0 Å². The van der Waals surface area contributed by atoms with Crippen molar-refractivity contribution in [2.24, 2.45) is 0 Å². The zero-order valence-corrected chi connectivity index (χ0v) is 8.93. The third-order valence-corrected chi connectivity index (χ3v) is 2.34. The molecule has 3 N–H and O–H groups in total. The molecule has 0 atom stereocenters. The molecule has 1 aromatic rings. The first-order valence-corrected chi connectivity index (χ1v) is 4.65. The Bertz CT molecular complexity index is 503. The van der Waals surface area contributed by atoms with Crippen molar-refractivity contribution in [1.29, 1.82) is 0 Å². The number of benzene rings is 1. The van der Waals surface area contributed by atoms with E-state index in [0.29, 0.717) is 0 Å². The molecule has 0 unspecified atom stereocenters. The minimum Gasteiger partial charge on any atom is -0.481 e. The van der Waals surface area contributed by atoms with Crippen molar-refractivity contribution in [3.63, 3.8) is 0 Å². The second-order valence-electron chi connectivity index (χ2n) is 3.45. The van der Waals surface area contributed by atoms with Gasteiger partial charge < -0.3 is 15.3 Å². The average molecular weight is 238 g/mol. The lowest BCUT2D eigenvalue weighted by atomic mass is 9.95. The molecule has 0 saturated carbocycles. The van der Waals surface area contributed by atoms with Crippen molar-refractivity contribution in [3.8, 4) is 0 Å². The van der Waals surface area contributed by atoms with Gasteiger partial charge in [-0.05, 0) is 24.1 Å². The van der Waals surface area contributed by atoms with Crippen LogP contribution in [0, 0.1) is 6.92 Å². The molecule has 0 radical (unpaired) electrons. The van der Waals surface area contributed by atoms with E-state index in [2.05, 4.69) is 0 Å². The maximum absolute atomic E-state index is 11.0. The number of aromatic carboxylic acids is 2. The normalized spacial score (nSPS) is 9.94. The molecule has 1 aromatic carbocycles. The van der Waals surface area contributed by atoms with Crippen LogP contribution in [0.3, 0.4) is 0 Å². The average Bonchev–Trinajstić information content (AvgIpc) is 2.15. The van der Waals surface area contributed by atoms with Crippen LogP contribution in [-0.2, 0) is 11.2 Å². The predicted molar refractivity (Wildman–Crippen MR) is 56.4 cm³/mol. The van der Waals surface area contributed by atoms with E-state index < -0.39 is 24.3 Å². The maximum Gasteiger partial charge on any atom is 0.336 e. The fourth-order valence-corrected chi connectivity index (χ4v) is 1.61. The molecular formula is C11H10O6. The molecule has 0 spiro atoms. The predicted octanol–water partition coefficient (Wildman–Crippen LogP) is 1.02. The highest BCUT2D eigenvalue weighted by atomic mass is 16.4. The quantitative estimate of drug-likeness (QED) is 0.721. The topological polar surface area (TPSA) is 112 Å². The van der Waals surface area contributed by atoms with Crippen LogP contribution in [0.15, 0.2) is 12.1 Å². The van der Waals surface area contributed by atoms with E-state index in [1.165, 1.54) is 19.1 Å². The van der Waals surface area contributed by atoms with Crippen molar-refractivity contribution in [2.45, 2.75) is 13.3 Å². The van der Waals surface area contributed by atoms with Crippen LogP contribution < -0.4 is 0 Å². The fraction of sp³-hybridized carbons (Fsp3) is 0.182. The molecule has 0 bridgehead atoms. The highest BCUT2D eigenvalue weighted by Gasteiger charge is 2.20. The Labute approximate surface area is 96.1 Å². The minimum atomic E-state index is -1.33. The lowest BCUT2D eigenvalue weighted by Crippen LogP contribution is -2.13. The van der Waals surface area contributed by atoms with Gasteiger partial charge in [0.05, 0.1) is 17.5 Å². The van der Waals surface area contributed by atoms with Crippen LogP contribution in [0.1, 0.15) is 31.8 Å². The number of hydrogen-bond donors (Lipinski definition) is 3. The van der Waals surface area contributed by atoms with Gasteiger partial charge in [0.25, 0.3) is 0 Å². The lowest BCUT2D eigenvalue weighted by molar-refractivity contribution is -0.136. The molecule has 1 rings (SSSR count). The smallest absolute Gasteiger partial charge is 0.336 e. The molecule has 17 heavy (non-hydrogen) atoms. The van der Waals surface area contributed by atoms with Crippen molar-refractivity contribution in [2.75, 3.05) is 0 Å². The van der Waals surface area contributed by atoms with Gasteiger partial charge >= 0.3 is 17.9 Å². The van der Waals surface area contributed by atoms with E-state index in [1.54, 1.807) is 0 Å². The summed E-state index contributed by atoms with van der Waals surface area (Å²) in [5.41, 5.74) is -0.250. The number of carbonyl (C=O) groups is 3. The Kier molecular flexibility index (Phi) is 3.47. The lowest BCUT2D eigenvalue weighted by Gasteiger charge is -2.09. The van der Waals surface area contributed by atoms with E-state index in [0.717, 1.165) is 0 Å². The van der Waals surface area contributed by atoms with E-state index in [4.69, 9.17) is 15.3 Å². The molecule has 0 aromatic heterocycles. The molecule has 6 nitrogen and oxygen atoms in total. The molecule has 0 amide bonds.